The molecule has 0 aliphatic rings. The van der Waals surface area contributed by atoms with E-state index < -0.39 is 5.91 Å². The molecule has 0 bridgehead atoms. The Bertz CT molecular complexity index is 576. The number of primary amides is 1. The van der Waals surface area contributed by atoms with E-state index in [1.807, 2.05) is 12.1 Å². The highest BCUT2D eigenvalue weighted by atomic mass is 16.3. The van der Waals surface area contributed by atoms with Gasteiger partial charge in [0.05, 0.1) is 6.20 Å². The van der Waals surface area contributed by atoms with Gasteiger partial charge in [0.15, 0.2) is 0 Å². The summed E-state index contributed by atoms with van der Waals surface area (Å²) in [5.74, 6) is -0.653. The van der Waals surface area contributed by atoms with Crippen LogP contribution >= 0.6 is 0 Å². The van der Waals surface area contributed by atoms with Crippen molar-refractivity contribution in [1.29, 1.82) is 0 Å². The number of rotatable bonds is 6. The number of hydrogen-bond acceptors (Lipinski definition) is 4. The highest BCUT2D eigenvalue weighted by Crippen LogP contribution is 2.12. The number of nitrogens with two attached hydrogens (primary N) is 1. The largest absolute Gasteiger partial charge is 0.442 e. The average Bonchev–Trinajstić information content (AvgIpc) is 2.93. The number of ketones is 1. The van der Waals surface area contributed by atoms with Crippen molar-refractivity contribution in [3.63, 3.8) is 0 Å². The number of aromatic nitrogens is 1. The molecule has 0 aliphatic carbocycles. The summed E-state index contributed by atoms with van der Waals surface area (Å²) < 4.78 is 4.89. The van der Waals surface area contributed by atoms with Gasteiger partial charge in [0.1, 0.15) is 6.26 Å². The summed E-state index contributed by atoms with van der Waals surface area (Å²) in [7, 11) is 0. The first-order valence-electron chi connectivity index (χ1n) is 5.83. The zero-order valence-electron chi connectivity index (χ0n) is 10.2. The first kappa shape index (κ1) is 13.0. The molecule has 0 saturated carbocycles. The minimum atomic E-state index is -0.463. The smallest absolute Gasteiger partial charge is 0.263 e. The maximum absolute atomic E-state index is 11.6. The molecule has 2 aromatic rings. The van der Waals surface area contributed by atoms with E-state index in [0.29, 0.717) is 18.4 Å². The van der Waals surface area contributed by atoms with Crippen molar-refractivity contribution in [1.82, 2.24) is 4.98 Å². The number of carbonyl (C=O) groups excluding carboxylic acids is 2. The lowest BCUT2D eigenvalue weighted by atomic mass is 10.0. The lowest BCUT2D eigenvalue weighted by Gasteiger charge is -2.05. The third-order valence-corrected chi connectivity index (χ3v) is 2.67. The molecule has 0 unspecified atom stereocenters. The van der Waals surface area contributed by atoms with Gasteiger partial charge in [0.25, 0.3) is 5.89 Å². The second-order valence-electron chi connectivity index (χ2n) is 3.97. The number of nitrogens with zero attached hydrogens (tertiary/aromatic N) is 1. The third kappa shape index (κ3) is 3.28. The second kappa shape index (κ2) is 5.95. The molecule has 19 heavy (non-hydrogen) atoms. The zero-order valence-corrected chi connectivity index (χ0v) is 10.2. The molecule has 0 atom stereocenters. The van der Waals surface area contributed by atoms with Crippen LogP contribution in [0.2, 0.25) is 0 Å². The van der Waals surface area contributed by atoms with E-state index in [1.54, 1.807) is 12.1 Å². The van der Waals surface area contributed by atoms with Crippen molar-refractivity contribution in [2.75, 3.05) is 0 Å². The predicted molar refractivity (Wildman–Crippen MR) is 68.4 cm³/mol. The standard InChI is InChI=1S/C14H13N2O3/c15-13(18)11-6-2-1-4-10(11)5-3-7-12(17)14-16-8-9-19-14/h1-2,4,6-9H,3,5H2,(H2,15,18). The molecule has 97 valence electrons. The summed E-state index contributed by atoms with van der Waals surface area (Å²) in [5, 5.41) is 0. The molecule has 2 rings (SSSR count). The number of aryl methyl sites for hydroxylation is 1. The van der Waals surface area contributed by atoms with Gasteiger partial charge in [-0.25, -0.2) is 4.98 Å². The highest BCUT2D eigenvalue weighted by Gasteiger charge is 2.12. The van der Waals surface area contributed by atoms with Gasteiger partial charge in [0.2, 0.25) is 11.7 Å². The van der Waals surface area contributed by atoms with Crippen LogP contribution in [0.5, 0.6) is 0 Å². The molecule has 5 heteroatoms. The van der Waals surface area contributed by atoms with Gasteiger partial charge in [-0.05, 0) is 24.5 Å². The molecule has 1 amide bonds. The van der Waals surface area contributed by atoms with Crippen LogP contribution in [0.25, 0.3) is 0 Å². The molecule has 1 aromatic carbocycles. The average molecular weight is 257 g/mol. The fraction of sp³-hybridized carbons (Fsp3) is 0.143. The van der Waals surface area contributed by atoms with Gasteiger partial charge < -0.3 is 10.2 Å². The third-order valence-electron chi connectivity index (χ3n) is 2.67. The molecular weight excluding hydrogens is 244 g/mol. The van der Waals surface area contributed by atoms with Gasteiger partial charge in [-0.15, -0.1) is 0 Å². The van der Waals surface area contributed by atoms with E-state index in [-0.39, 0.29) is 11.7 Å². The van der Waals surface area contributed by atoms with Crippen molar-refractivity contribution in [3.8, 4) is 0 Å². The van der Waals surface area contributed by atoms with Gasteiger partial charge in [-0.1, -0.05) is 18.2 Å². The molecule has 5 nitrogen and oxygen atoms in total. The van der Waals surface area contributed by atoms with Crippen LogP contribution in [0.1, 0.15) is 33.0 Å². The van der Waals surface area contributed by atoms with E-state index in [4.69, 9.17) is 10.2 Å². The minimum absolute atomic E-state index is 0.0724. The van der Waals surface area contributed by atoms with Gasteiger partial charge in [-0.2, -0.15) is 0 Å². The van der Waals surface area contributed by atoms with E-state index in [9.17, 15) is 9.59 Å². The molecule has 0 spiro atoms. The first-order valence-corrected chi connectivity index (χ1v) is 5.83. The monoisotopic (exact) mass is 257 g/mol. The number of amides is 1. The van der Waals surface area contributed by atoms with Gasteiger partial charge >= 0.3 is 0 Å². The van der Waals surface area contributed by atoms with Crippen LogP contribution in [0.4, 0.5) is 0 Å². The van der Waals surface area contributed by atoms with Crippen LogP contribution < -0.4 is 5.73 Å². The normalized spacial score (nSPS) is 10.3. The number of Topliss-reactive ketones (excluding diaryl/α,β-unsaturated/α-hetero) is 1. The topological polar surface area (TPSA) is 86.2 Å². The Morgan fingerprint density at radius 1 is 1.32 bits per heavy atom. The summed E-state index contributed by atoms with van der Waals surface area (Å²) in [6.45, 7) is 0. The molecule has 1 heterocycles. The van der Waals surface area contributed by atoms with Crippen molar-refractivity contribution in [2.24, 2.45) is 5.73 Å². The highest BCUT2D eigenvalue weighted by molar-refractivity contribution is 5.98. The van der Waals surface area contributed by atoms with Crippen LogP contribution in [-0.2, 0) is 6.42 Å². The second-order valence-corrected chi connectivity index (χ2v) is 3.97. The van der Waals surface area contributed by atoms with E-state index in [1.165, 1.54) is 18.9 Å². The van der Waals surface area contributed by atoms with E-state index >= 15 is 0 Å². The van der Waals surface area contributed by atoms with Gasteiger partial charge in [0, 0.05) is 12.0 Å². The quantitative estimate of drug-likeness (QED) is 0.799. The molecular formula is C14H13N2O3. The number of benzene rings is 1. The summed E-state index contributed by atoms with van der Waals surface area (Å²) in [4.78, 5) is 26.6. The molecule has 0 saturated heterocycles. The summed E-state index contributed by atoms with van der Waals surface area (Å²) in [6, 6.07) is 7.08. The number of hydrogen-bond donors (Lipinski definition) is 1. The predicted octanol–water partition coefficient (Wildman–Crippen LogP) is 1.79. The van der Waals surface area contributed by atoms with Crippen LogP contribution in [0.15, 0.2) is 41.1 Å². The fourth-order valence-corrected chi connectivity index (χ4v) is 1.77. The maximum Gasteiger partial charge on any atom is 0.263 e. The van der Waals surface area contributed by atoms with Crippen LogP contribution in [0, 0.1) is 6.42 Å². The summed E-state index contributed by atoms with van der Waals surface area (Å²) in [6.07, 6.45) is 5.31. The lowest BCUT2D eigenvalue weighted by molar-refractivity contribution is 0.0988. The van der Waals surface area contributed by atoms with Crippen LogP contribution in [-0.4, -0.2) is 16.7 Å². The van der Waals surface area contributed by atoms with E-state index in [0.717, 1.165) is 5.56 Å². The molecule has 0 aliphatic heterocycles. The van der Waals surface area contributed by atoms with Crippen LogP contribution in [0.3, 0.4) is 0 Å². The van der Waals surface area contributed by atoms with E-state index in [2.05, 4.69) is 4.98 Å². The maximum atomic E-state index is 11.6. The molecule has 1 radical (unpaired) electrons. The Morgan fingerprint density at radius 2 is 2.11 bits per heavy atom. The first-order chi connectivity index (χ1) is 9.18. The molecule has 1 aromatic heterocycles. The Balaban J connectivity index is 1.93. The van der Waals surface area contributed by atoms with Crippen molar-refractivity contribution in [3.05, 3.63) is 60.2 Å². The number of carbonyl (C=O) groups is 2. The molecule has 0 fully saturated rings. The van der Waals surface area contributed by atoms with Crippen molar-refractivity contribution >= 4 is 11.7 Å². The van der Waals surface area contributed by atoms with Crippen molar-refractivity contribution < 1.29 is 14.0 Å². The summed E-state index contributed by atoms with van der Waals surface area (Å²) >= 11 is 0. The Labute approximate surface area is 110 Å². The van der Waals surface area contributed by atoms with Crippen molar-refractivity contribution in [2.45, 2.75) is 12.8 Å². The number of oxazole rings is 1. The Kier molecular flexibility index (Phi) is 4.07. The SMILES string of the molecule is NC(=O)c1ccccc1CC[CH]C(=O)c1ncco1. The van der Waals surface area contributed by atoms with Gasteiger partial charge in [-0.3, -0.25) is 9.59 Å². The Morgan fingerprint density at radius 3 is 2.79 bits per heavy atom. The fourth-order valence-electron chi connectivity index (χ4n) is 1.77. The Hall–Kier alpha value is -2.43. The minimum Gasteiger partial charge on any atom is -0.442 e. The summed E-state index contributed by atoms with van der Waals surface area (Å²) in [5.41, 5.74) is 6.59. The molecule has 2 N–H and O–H groups in total. The lowest BCUT2D eigenvalue weighted by Crippen LogP contribution is -2.13. The zero-order chi connectivity index (χ0) is 13.7.